The molecule has 1 aromatic heterocycles. The number of benzene rings is 1. The van der Waals surface area contributed by atoms with Crippen molar-refractivity contribution in [2.45, 2.75) is 20.5 Å². The second-order valence-electron chi connectivity index (χ2n) is 2.96. The van der Waals surface area contributed by atoms with Crippen LogP contribution in [0.5, 0.6) is 5.75 Å². The zero-order valence-corrected chi connectivity index (χ0v) is 11.6. The molecule has 0 fully saturated rings. The maximum absolute atomic E-state index is 5.56. The molecule has 0 bridgehead atoms. The minimum Gasteiger partial charge on any atom is -0.489 e. The van der Waals surface area contributed by atoms with Gasteiger partial charge in [-0.25, -0.2) is 0 Å². The third-order valence-electron chi connectivity index (χ3n) is 1.90. The van der Waals surface area contributed by atoms with Gasteiger partial charge in [-0.05, 0) is 29.8 Å². The molecule has 0 N–H and O–H groups in total. The summed E-state index contributed by atoms with van der Waals surface area (Å²) in [7, 11) is 0. The molecule has 1 radical (unpaired) electrons. The Morgan fingerprint density at radius 3 is 2.12 bits per heavy atom. The number of pyridine rings is 1. The summed E-state index contributed by atoms with van der Waals surface area (Å²) >= 11 is 0. The fourth-order valence-electron chi connectivity index (χ4n) is 1.16. The van der Waals surface area contributed by atoms with Gasteiger partial charge in [0.15, 0.2) is 0 Å². The number of hydrogen-bond donors (Lipinski definition) is 0. The summed E-state index contributed by atoms with van der Waals surface area (Å²) in [4.78, 5) is 3.94. The van der Waals surface area contributed by atoms with Gasteiger partial charge in [0.05, 0.1) is 0 Å². The predicted octanol–water partition coefficient (Wildman–Crippen LogP) is 3.68. The average Bonchev–Trinajstić information content (AvgIpc) is 2.41. The van der Waals surface area contributed by atoms with E-state index in [9.17, 15) is 0 Å². The molecule has 0 aliphatic heterocycles. The standard InChI is InChI=1S/C12H11NO.C2H6.V/c1-2-4-12(5-3-1)14-10-11-6-8-13-9-7-11;1-2;/h1-9H,10H2;1-2H3;. The Kier molecular flexibility index (Phi) is 9.22. The summed E-state index contributed by atoms with van der Waals surface area (Å²) in [6, 6.07) is 13.7. The van der Waals surface area contributed by atoms with Crippen LogP contribution in [0.1, 0.15) is 19.4 Å². The van der Waals surface area contributed by atoms with Gasteiger partial charge in [-0.15, -0.1) is 0 Å². The third kappa shape index (κ3) is 6.15. The van der Waals surface area contributed by atoms with Crippen LogP contribution in [0.2, 0.25) is 0 Å². The van der Waals surface area contributed by atoms with E-state index in [1.54, 1.807) is 12.4 Å². The van der Waals surface area contributed by atoms with Crippen LogP contribution in [0.4, 0.5) is 0 Å². The van der Waals surface area contributed by atoms with Gasteiger partial charge in [-0.3, -0.25) is 4.98 Å². The van der Waals surface area contributed by atoms with Crippen molar-refractivity contribution in [1.82, 2.24) is 4.98 Å². The molecule has 0 aliphatic rings. The molecular weight excluding hydrogens is 249 g/mol. The van der Waals surface area contributed by atoms with Gasteiger partial charge in [0, 0.05) is 30.9 Å². The first-order chi connectivity index (χ1) is 7.95. The molecule has 3 heteroatoms. The van der Waals surface area contributed by atoms with Crippen LogP contribution < -0.4 is 4.74 Å². The second-order valence-corrected chi connectivity index (χ2v) is 2.96. The van der Waals surface area contributed by atoms with Gasteiger partial charge in [0.25, 0.3) is 0 Å². The number of rotatable bonds is 3. The zero-order chi connectivity index (χ0) is 11.6. The first-order valence-electron chi connectivity index (χ1n) is 5.52. The van der Waals surface area contributed by atoms with Crippen molar-refractivity contribution < 1.29 is 23.3 Å². The topological polar surface area (TPSA) is 22.1 Å². The van der Waals surface area contributed by atoms with E-state index in [0.717, 1.165) is 11.3 Å². The molecule has 1 aromatic carbocycles. The molecule has 0 saturated carbocycles. The van der Waals surface area contributed by atoms with E-state index in [1.165, 1.54) is 0 Å². The van der Waals surface area contributed by atoms with Gasteiger partial charge in [-0.1, -0.05) is 32.0 Å². The number of hydrogen-bond acceptors (Lipinski definition) is 2. The smallest absolute Gasteiger partial charge is 0.119 e. The van der Waals surface area contributed by atoms with Crippen LogP contribution >= 0.6 is 0 Å². The van der Waals surface area contributed by atoms with E-state index in [0.29, 0.717) is 6.61 Å². The molecule has 2 aromatic rings. The SMILES string of the molecule is CC.[V].c1ccc(OCc2ccncc2)cc1. The molecule has 0 atom stereocenters. The van der Waals surface area contributed by atoms with Crippen molar-refractivity contribution in [2.24, 2.45) is 0 Å². The Morgan fingerprint density at radius 2 is 1.53 bits per heavy atom. The van der Waals surface area contributed by atoms with Gasteiger partial charge >= 0.3 is 0 Å². The Labute approximate surface area is 115 Å². The number of ether oxygens (including phenoxy) is 1. The Bertz CT molecular complexity index is 338. The molecule has 2 nitrogen and oxygen atoms in total. The molecule has 89 valence electrons. The van der Waals surface area contributed by atoms with E-state index in [2.05, 4.69) is 4.98 Å². The largest absolute Gasteiger partial charge is 0.489 e. The monoisotopic (exact) mass is 266 g/mol. The summed E-state index contributed by atoms with van der Waals surface area (Å²) in [6.45, 7) is 4.59. The summed E-state index contributed by atoms with van der Waals surface area (Å²) in [5, 5.41) is 0. The molecule has 2 rings (SSSR count). The average molecular weight is 266 g/mol. The predicted molar refractivity (Wildman–Crippen MR) is 66.4 cm³/mol. The molecule has 0 saturated heterocycles. The second kappa shape index (κ2) is 9.94. The third-order valence-corrected chi connectivity index (χ3v) is 1.90. The van der Waals surface area contributed by atoms with Crippen LogP contribution in [0.25, 0.3) is 0 Å². The van der Waals surface area contributed by atoms with Gasteiger partial charge in [0.1, 0.15) is 12.4 Å². The van der Waals surface area contributed by atoms with Crippen molar-refractivity contribution in [3.8, 4) is 5.75 Å². The van der Waals surface area contributed by atoms with E-state index >= 15 is 0 Å². The minimum atomic E-state index is 0. The van der Waals surface area contributed by atoms with Gasteiger partial charge in [-0.2, -0.15) is 0 Å². The van der Waals surface area contributed by atoms with Gasteiger partial charge in [0.2, 0.25) is 0 Å². The van der Waals surface area contributed by atoms with E-state index in [1.807, 2.05) is 56.3 Å². The molecule has 0 unspecified atom stereocenters. The Hall–Kier alpha value is -1.25. The van der Waals surface area contributed by atoms with E-state index in [4.69, 9.17) is 4.74 Å². The van der Waals surface area contributed by atoms with Crippen molar-refractivity contribution in [1.29, 1.82) is 0 Å². The fourth-order valence-corrected chi connectivity index (χ4v) is 1.16. The fraction of sp³-hybridized carbons (Fsp3) is 0.214. The van der Waals surface area contributed by atoms with Crippen LogP contribution in [0.15, 0.2) is 54.9 Å². The molecule has 17 heavy (non-hydrogen) atoms. The van der Waals surface area contributed by atoms with Crippen LogP contribution in [0, 0.1) is 0 Å². The zero-order valence-electron chi connectivity index (χ0n) is 10.2. The minimum absolute atomic E-state index is 0. The number of para-hydroxylation sites is 1. The maximum Gasteiger partial charge on any atom is 0.119 e. The first-order valence-corrected chi connectivity index (χ1v) is 5.52. The van der Waals surface area contributed by atoms with Crippen LogP contribution in [0.3, 0.4) is 0 Å². The van der Waals surface area contributed by atoms with Crippen molar-refractivity contribution in [2.75, 3.05) is 0 Å². The van der Waals surface area contributed by atoms with Crippen molar-refractivity contribution >= 4 is 0 Å². The maximum atomic E-state index is 5.56. The van der Waals surface area contributed by atoms with Crippen molar-refractivity contribution in [3.05, 3.63) is 60.4 Å². The number of aromatic nitrogens is 1. The molecule has 0 spiro atoms. The van der Waals surface area contributed by atoms with E-state index in [-0.39, 0.29) is 18.6 Å². The van der Waals surface area contributed by atoms with E-state index < -0.39 is 0 Å². The Balaban J connectivity index is 0.000000811. The molecule has 1 heterocycles. The summed E-state index contributed by atoms with van der Waals surface area (Å²) in [6.07, 6.45) is 3.54. The van der Waals surface area contributed by atoms with Gasteiger partial charge < -0.3 is 4.74 Å². The molecule has 0 aliphatic carbocycles. The summed E-state index contributed by atoms with van der Waals surface area (Å²) in [5.74, 6) is 0.893. The van der Waals surface area contributed by atoms with Crippen molar-refractivity contribution in [3.63, 3.8) is 0 Å². The molecule has 0 amide bonds. The Morgan fingerprint density at radius 1 is 0.941 bits per heavy atom. The first kappa shape index (κ1) is 15.8. The van der Waals surface area contributed by atoms with Crippen LogP contribution in [-0.2, 0) is 25.2 Å². The molecular formula is C14H17NOV. The summed E-state index contributed by atoms with van der Waals surface area (Å²) in [5.41, 5.74) is 1.13. The quantitative estimate of drug-likeness (QED) is 0.845. The van der Waals surface area contributed by atoms with Crippen LogP contribution in [-0.4, -0.2) is 4.98 Å². The normalized spacial score (nSPS) is 8.35. The number of nitrogens with zero attached hydrogens (tertiary/aromatic N) is 1. The summed E-state index contributed by atoms with van der Waals surface area (Å²) < 4.78 is 5.56.